The van der Waals surface area contributed by atoms with E-state index in [0.29, 0.717) is 6.61 Å². The van der Waals surface area contributed by atoms with Crippen LogP contribution in [0.3, 0.4) is 0 Å². The number of ether oxygens (including phenoxy) is 1. The van der Waals surface area contributed by atoms with Gasteiger partial charge >= 0.3 is 0 Å². The molecule has 0 bridgehead atoms. The van der Waals surface area contributed by atoms with Gasteiger partial charge in [0.25, 0.3) is 0 Å². The Morgan fingerprint density at radius 3 is 3.11 bits per heavy atom. The van der Waals surface area contributed by atoms with Crippen molar-refractivity contribution >= 4 is 0 Å². The lowest BCUT2D eigenvalue weighted by Crippen LogP contribution is -2.46. The fraction of sp³-hybridized carbons (Fsp3) is 0.643. The molecule has 106 valence electrons. The van der Waals surface area contributed by atoms with Crippen LogP contribution < -0.4 is 5.32 Å². The van der Waals surface area contributed by atoms with Gasteiger partial charge in [0, 0.05) is 19.3 Å². The summed E-state index contributed by atoms with van der Waals surface area (Å²) in [5, 5.41) is 3.44. The Labute approximate surface area is 114 Å². The van der Waals surface area contributed by atoms with E-state index in [1.807, 2.05) is 0 Å². The van der Waals surface area contributed by atoms with Crippen LogP contribution >= 0.6 is 0 Å². The van der Waals surface area contributed by atoms with Crippen molar-refractivity contribution in [2.45, 2.75) is 25.5 Å². The molecular formula is C14H22FN3O. The molecule has 1 aliphatic rings. The molecule has 1 N–H and O–H groups in total. The molecule has 1 aromatic heterocycles. The minimum atomic E-state index is -0.301. The normalized spacial score (nSPS) is 22.4. The van der Waals surface area contributed by atoms with Crippen LogP contribution in [0, 0.1) is 5.82 Å². The highest BCUT2D eigenvalue weighted by Gasteiger charge is 2.28. The summed E-state index contributed by atoms with van der Waals surface area (Å²) in [6.45, 7) is 5.50. The molecule has 0 spiro atoms. The first kappa shape index (κ1) is 14.4. The summed E-state index contributed by atoms with van der Waals surface area (Å²) in [6.07, 6.45) is 4.01. The maximum atomic E-state index is 13.4. The molecule has 1 aromatic rings. The number of nitrogens with one attached hydrogen (secondary N) is 1. The number of likely N-dealkylation sites (N-methyl/N-ethyl adjacent to an activating group) is 1. The van der Waals surface area contributed by atoms with Gasteiger partial charge < -0.3 is 15.0 Å². The second-order valence-electron chi connectivity index (χ2n) is 5.04. The molecule has 5 heteroatoms. The monoisotopic (exact) mass is 267 g/mol. The van der Waals surface area contributed by atoms with Crippen LogP contribution in [0.1, 0.15) is 24.9 Å². The second-order valence-corrected chi connectivity index (χ2v) is 5.04. The largest absolute Gasteiger partial charge is 0.374 e. The van der Waals surface area contributed by atoms with Gasteiger partial charge in [-0.05, 0) is 31.6 Å². The van der Waals surface area contributed by atoms with Crippen LogP contribution in [0.25, 0.3) is 0 Å². The highest BCUT2D eigenvalue weighted by atomic mass is 19.1. The van der Waals surface area contributed by atoms with E-state index in [2.05, 4.69) is 29.2 Å². The summed E-state index contributed by atoms with van der Waals surface area (Å²) in [6, 6.07) is 1.53. The smallest absolute Gasteiger partial charge is 0.141 e. The number of rotatable bonds is 5. The quantitative estimate of drug-likeness (QED) is 0.879. The zero-order valence-electron chi connectivity index (χ0n) is 11.6. The predicted molar refractivity (Wildman–Crippen MR) is 72.5 cm³/mol. The third kappa shape index (κ3) is 3.96. The van der Waals surface area contributed by atoms with Crippen LogP contribution in [0.2, 0.25) is 0 Å². The van der Waals surface area contributed by atoms with Crippen molar-refractivity contribution in [1.29, 1.82) is 0 Å². The molecule has 4 nitrogen and oxygen atoms in total. The molecular weight excluding hydrogens is 245 g/mol. The van der Waals surface area contributed by atoms with Gasteiger partial charge in [0.05, 0.1) is 24.9 Å². The Balaban J connectivity index is 2.14. The first-order valence-corrected chi connectivity index (χ1v) is 6.84. The van der Waals surface area contributed by atoms with Crippen LogP contribution in [0.15, 0.2) is 18.5 Å². The first-order valence-electron chi connectivity index (χ1n) is 6.84. The fourth-order valence-corrected chi connectivity index (χ4v) is 2.37. The van der Waals surface area contributed by atoms with Gasteiger partial charge in [0.2, 0.25) is 0 Å². The summed E-state index contributed by atoms with van der Waals surface area (Å²) in [4.78, 5) is 6.18. The van der Waals surface area contributed by atoms with E-state index in [0.717, 1.165) is 31.6 Å². The summed E-state index contributed by atoms with van der Waals surface area (Å²) in [5.41, 5.74) is 0.855. The minimum absolute atomic E-state index is 0.00843. The Morgan fingerprint density at radius 2 is 2.42 bits per heavy atom. The van der Waals surface area contributed by atoms with Crippen LogP contribution in [-0.4, -0.2) is 49.3 Å². The van der Waals surface area contributed by atoms with Crippen molar-refractivity contribution in [2.24, 2.45) is 0 Å². The Morgan fingerprint density at radius 1 is 1.58 bits per heavy atom. The third-order valence-corrected chi connectivity index (χ3v) is 3.37. The Kier molecular flexibility index (Phi) is 5.24. The van der Waals surface area contributed by atoms with Crippen LogP contribution in [-0.2, 0) is 4.74 Å². The summed E-state index contributed by atoms with van der Waals surface area (Å²) >= 11 is 0. The van der Waals surface area contributed by atoms with Crippen molar-refractivity contribution in [3.8, 4) is 0 Å². The first-order chi connectivity index (χ1) is 9.20. The van der Waals surface area contributed by atoms with Gasteiger partial charge in [-0.15, -0.1) is 0 Å². The molecule has 0 aliphatic carbocycles. The summed E-state index contributed by atoms with van der Waals surface area (Å²) in [5.74, 6) is -0.301. The van der Waals surface area contributed by atoms with Crippen molar-refractivity contribution in [1.82, 2.24) is 15.2 Å². The lowest BCUT2D eigenvalue weighted by atomic mass is 10.0. The zero-order chi connectivity index (χ0) is 13.7. The van der Waals surface area contributed by atoms with Gasteiger partial charge in [-0.1, -0.05) is 6.92 Å². The molecule has 2 heterocycles. The Hall–Kier alpha value is -1.04. The summed E-state index contributed by atoms with van der Waals surface area (Å²) in [7, 11) is 2.08. The standard InChI is InChI=1S/C14H22FN3O/c1-3-4-17-14(11-7-12(15)9-16-8-11)13-10-18(2)5-6-19-13/h7-9,13-14,17H,3-6,10H2,1-2H3. The number of nitrogens with zero attached hydrogens (tertiary/aromatic N) is 2. The molecule has 0 amide bonds. The molecule has 2 atom stereocenters. The van der Waals surface area contributed by atoms with Gasteiger partial charge in [-0.2, -0.15) is 0 Å². The van der Waals surface area contributed by atoms with E-state index in [4.69, 9.17) is 4.74 Å². The highest BCUT2D eigenvalue weighted by molar-refractivity contribution is 5.17. The third-order valence-electron chi connectivity index (χ3n) is 3.37. The molecule has 1 saturated heterocycles. The SMILES string of the molecule is CCCNC(c1cncc(F)c1)C1CN(C)CCO1. The molecule has 2 rings (SSSR count). The number of aromatic nitrogens is 1. The van der Waals surface area contributed by atoms with Gasteiger partial charge in [-0.25, -0.2) is 4.39 Å². The molecule has 1 aliphatic heterocycles. The lowest BCUT2D eigenvalue weighted by molar-refractivity contribution is -0.0393. The predicted octanol–water partition coefficient (Wildman–Crippen LogP) is 1.59. The van der Waals surface area contributed by atoms with E-state index in [9.17, 15) is 4.39 Å². The second kappa shape index (κ2) is 6.93. The van der Waals surface area contributed by atoms with E-state index < -0.39 is 0 Å². The average Bonchev–Trinajstić information content (AvgIpc) is 2.39. The van der Waals surface area contributed by atoms with E-state index in [1.165, 1.54) is 12.3 Å². The molecule has 1 fully saturated rings. The average molecular weight is 267 g/mol. The topological polar surface area (TPSA) is 37.4 Å². The number of hydrogen-bond donors (Lipinski definition) is 1. The maximum Gasteiger partial charge on any atom is 0.141 e. The van der Waals surface area contributed by atoms with Crippen LogP contribution in [0.5, 0.6) is 0 Å². The van der Waals surface area contributed by atoms with Gasteiger partial charge in [0.1, 0.15) is 5.82 Å². The number of morpholine rings is 1. The molecule has 0 saturated carbocycles. The van der Waals surface area contributed by atoms with Gasteiger partial charge in [0.15, 0.2) is 0 Å². The fourth-order valence-electron chi connectivity index (χ4n) is 2.37. The lowest BCUT2D eigenvalue weighted by Gasteiger charge is -2.35. The van der Waals surface area contributed by atoms with Crippen molar-refractivity contribution in [2.75, 3.05) is 33.3 Å². The minimum Gasteiger partial charge on any atom is -0.374 e. The van der Waals surface area contributed by atoms with Crippen molar-refractivity contribution < 1.29 is 9.13 Å². The number of hydrogen-bond acceptors (Lipinski definition) is 4. The highest BCUT2D eigenvalue weighted by Crippen LogP contribution is 2.22. The molecule has 19 heavy (non-hydrogen) atoms. The van der Waals surface area contributed by atoms with E-state index >= 15 is 0 Å². The van der Waals surface area contributed by atoms with E-state index in [-0.39, 0.29) is 18.0 Å². The molecule has 2 unspecified atom stereocenters. The summed E-state index contributed by atoms with van der Waals surface area (Å²) < 4.78 is 19.2. The number of halogens is 1. The Bertz CT molecular complexity index is 402. The number of pyridine rings is 1. The van der Waals surface area contributed by atoms with E-state index in [1.54, 1.807) is 6.20 Å². The zero-order valence-corrected chi connectivity index (χ0v) is 11.6. The molecule has 0 aromatic carbocycles. The van der Waals surface area contributed by atoms with Crippen molar-refractivity contribution in [3.05, 3.63) is 29.8 Å². The van der Waals surface area contributed by atoms with Gasteiger partial charge in [-0.3, -0.25) is 4.98 Å². The van der Waals surface area contributed by atoms with Crippen LogP contribution in [0.4, 0.5) is 4.39 Å². The molecule has 0 radical (unpaired) electrons. The maximum absolute atomic E-state index is 13.4. The van der Waals surface area contributed by atoms with Crippen molar-refractivity contribution in [3.63, 3.8) is 0 Å².